The zero-order chi connectivity index (χ0) is 15.1. The van der Waals surface area contributed by atoms with Crippen LogP contribution < -0.4 is 0 Å². The van der Waals surface area contributed by atoms with Crippen molar-refractivity contribution in [2.45, 2.75) is 98.3 Å². The highest BCUT2D eigenvalue weighted by Gasteiger charge is 2.33. The minimum atomic E-state index is -0.579. The molecule has 0 heterocycles. The second-order valence-electron chi connectivity index (χ2n) is 6.66. The normalized spacial score (nSPS) is 14.4. The highest BCUT2D eigenvalue weighted by molar-refractivity contribution is 7.75. The third-order valence-electron chi connectivity index (χ3n) is 4.88. The first kappa shape index (κ1) is 20.4. The lowest BCUT2D eigenvalue weighted by molar-refractivity contribution is 0.624. The molecule has 0 saturated heterocycles. The Balaban J connectivity index is 4.06. The van der Waals surface area contributed by atoms with Crippen LogP contribution in [0.5, 0.6) is 0 Å². The van der Waals surface area contributed by atoms with Gasteiger partial charge in [-0.2, -0.15) is 0 Å². The van der Waals surface area contributed by atoms with Gasteiger partial charge in [-0.05, 0) is 32.6 Å². The van der Waals surface area contributed by atoms with Gasteiger partial charge in [-0.1, -0.05) is 65.7 Å². The van der Waals surface area contributed by atoms with Crippen molar-refractivity contribution >= 4 is 7.26 Å². The molecule has 20 heavy (non-hydrogen) atoms. The van der Waals surface area contributed by atoms with Gasteiger partial charge in [0, 0.05) is 7.26 Å². The topological polar surface area (TPSA) is 0 Å². The van der Waals surface area contributed by atoms with Crippen LogP contribution in [-0.4, -0.2) is 24.6 Å². The molecular weight excluding hydrogens is 259 g/mol. The molecule has 1 unspecified atom stereocenters. The third kappa shape index (κ3) is 10.2. The second kappa shape index (κ2) is 14.4. The van der Waals surface area contributed by atoms with Crippen LogP contribution in [0.4, 0.5) is 0 Å². The minimum Gasteiger partial charge on any atom is -0.0654 e. The van der Waals surface area contributed by atoms with Gasteiger partial charge in [0.2, 0.25) is 0 Å². The first-order valence-corrected chi connectivity index (χ1v) is 12.1. The van der Waals surface area contributed by atoms with E-state index in [9.17, 15) is 0 Å². The van der Waals surface area contributed by atoms with E-state index in [1.165, 1.54) is 76.8 Å². The lowest BCUT2D eigenvalue weighted by Gasteiger charge is -2.26. The van der Waals surface area contributed by atoms with Crippen LogP contribution in [0, 0.1) is 0 Å². The predicted molar refractivity (Wildman–Crippen MR) is 99.9 cm³/mol. The number of hydrogen-bond acceptors (Lipinski definition) is 0. The van der Waals surface area contributed by atoms with Crippen molar-refractivity contribution in [3.8, 4) is 0 Å². The Labute approximate surface area is 130 Å². The van der Waals surface area contributed by atoms with E-state index in [1.807, 2.05) is 0 Å². The minimum absolute atomic E-state index is 0.579. The summed E-state index contributed by atoms with van der Waals surface area (Å²) in [6.07, 6.45) is 22.4. The van der Waals surface area contributed by atoms with Crippen molar-refractivity contribution in [3.05, 3.63) is 0 Å². The Morgan fingerprint density at radius 1 is 0.450 bits per heavy atom. The van der Waals surface area contributed by atoms with Crippen LogP contribution in [0.1, 0.15) is 98.3 Å². The van der Waals surface area contributed by atoms with Crippen LogP contribution >= 0.6 is 7.26 Å². The lowest BCUT2D eigenvalue weighted by Crippen LogP contribution is -2.11. The first-order chi connectivity index (χ1) is 9.74. The summed E-state index contributed by atoms with van der Waals surface area (Å²) in [4.78, 5) is 0. The number of rotatable bonds is 15. The molecule has 0 aromatic rings. The van der Waals surface area contributed by atoms with Gasteiger partial charge in [0.15, 0.2) is 0 Å². The average Bonchev–Trinajstić information content (AvgIpc) is 2.48. The van der Waals surface area contributed by atoms with Crippen molar-refractivity contribution in [2.24, 2.45) is 0 Å². The molecule has 0 aliphatic heterocycles. The van der Waals surface area contributed by atoms with E-state index in [4.69, 9.17) is 0 Å². The fraction of sp³-hybridized carbons (Fsp3) is 1.00. The summed E-state index contributed by atoms with van der Waals surface area (Å²) in [6, 6.07) is 0. The second-order valence-corrected chi connectivity index (χ2v) is 11.3. The zero-order valence-electron chi connectivity index (χ0n) is 15.1. The SMILES string of the molecule is CCCCCCCC[P+](CC)(CCCC)CCCCC. The molecule has 0 spiro atoms. The summed E-state index contributed by atoms with van der Waals surface area (Å²) in [5, 5.41) is 0. The van der Waals surface area contributed by atoms with E-state index in [-0.39, 0.29) is 0 Å². The van der Waals surface area contributed by atoms with Crippen LogP contribution in [-0.2, 0) is 0 Å². The van der Waals surface area contributed by atoms with Gasteiger partial charge < -0.3 is 0 Å². The van der Waals surface area contributed by atoms with Crippen molar-refractivity contribution < 1.29 is 0 Å². The van der Waals surface area contributed by atoms with Crippen LogP contribution in [0.15, 0.2) is 0 Å². The fourth-order valence-corrected chi connectivity index (χ4v) is 7.62. The van der Waals surface area contributed by atoms with E-state index >= 15 is 0 Å². The van der Waals surface area contributed by atoms with Gasteiger partial charge in [0.1, 0.15) is 0 Å². The lowest BCUT2D eigenvalue weighted by atomic mass is 10.1. The molecule has 0 aliphatic rings. The molecule has 0 aromatic heterocycles. The van der Waals surface area contributed by atoms with E-state index < -0.39 is 7.26 Å². The summed E-state index contributed by atoms with van der Waals surface area (Å²) in [5.41, 5.74) is 0. The van der Waals surface area contributed by atoms with E-state index in [0.29, 0.717) is 0 Å². The van der Waals surface area contributed by atoms with Crippen LogP contribution in [0.25, 0.3) is 0 Å². The summed E-state index contributed by atoms with van der Waals surface area (Å²) >= 11 is 0. The smallest absolute Gasteiger partial charge is 0.0594 e. The van der Waals surface area contributed by atoms with E-state index in [2.05, 4.69) is 27.7 Å². The van der Waals surface area contributed by atoms with Gasteiger partial charge in [-0.15, -0.1) is 0 Å². The first-order valence-electron chi connectivity index (χ1n) is 9.59. The third-order valence-corrected chi connectivity index (χ3v) is 10.0. The quantitative estimate of drug-likeness (QED) is 0.219. The Kier molecular flexibility index (Phi) is 14.7. The maximum Gasteiger partial charge on any atom is 0.0594 e. The Hall–Kier alpha value is 0.430. The molecule has 0 N–H and O–H groups in total. The Morgan fingerprint density at radius 2 is 0.850 bits per heavy atom. The average molecular weight is 302 g/mol. The summed E-state index contributed by atoms with van der Waals surface area (Å²) in [7, 11) is -0.579. The monoisotopic (exact) mass is 301 g/mol. The van der Waals surface area contributed by atoms with Gasteiger partial charge >= 0.3 is 0 Å². The van der Waals surface area contributed by atoms with Crippen molar-refractivity contribution in [1.29, 1.82) is 0 Å². The summed E-state index contributed by atoms with van der Waals surface area (Å²) in [6.45, 7) is 9.51. The maximum atomic E-state index is 2.49. The Morgan fingerprint density at radius 3 is 1.40 bits per heavy atom. The Bertz CT molecular complexity index is 190. The molecule has 0 amide bonds. The van der Waals surface area contributed by atoms with Gasteiger partial charge in [0.05, 0.1) is 24.6 Å². The van der Waals surface area contributed by atoms with Gasteiger partial charge in [-0.25, -0.2) is 0 Å². The predicted octanol–water partition coefficient (Wildman–Crippen LogP) is 7.37. The standard InChI is InChI=1S/C19H42P/c1-5-9-12-13-14-16-19-20(8-4,17-11-7-3)18-15-10-6-2/h5-19H2,1-4H3/q+1. The number of unbranched alkanes of at least 4 members (excludes halogenated alkanes) is 8. The van der Waals surface area contributed by atoms with Gasteiger partial charge in [0.25, 0.3) is 0 Å². The molecule has 1 heteroatoms. The molecular formula is C19H42P+. The summed E-state index contributed by atoms with van der Waals surface area (Å²) < 4.78 is 0. The van der Waals surface area contributed by atoms with Crippen molar-refractivity contribution in [1.82, 2.24) is 0 Å². The largest absolute Gasteiger partial charge is 0.0654 e. The summed E-state index contributed by atoms with van der Waals surface area (Å²) in [5.74, 6) is 0. The fourth-order valence-electron chi connectivity index (χ4n) is 3.23. The molecule has 0 nitrogen and oxygen atoms in total. The molecule has 0 saturated carbocycles. The molecule has 0 fully saturated rings. The molecule has 122 valence electrons. The maximum absolute atomic E-state index is 2.49. The molecule has 0 bridgehead atoms. The zero-order valence-corrected chi connectivity index (χ0v) is 15.9. The van der Waals surface area contributed by atoms with Crippen LogP contribution in [0.2, 0.25) is 0 Å². The highest BCUT2D eigenvalue weighted by Crippen LogP contribution is 2.60. The number of hydrogen-bond donors (Lipinski definition) is 0. The molecule has 0 aliphatic carbocycles. The van der Waals surface area contributed by atoms with Gasteiger partial charge in [-0.3, -0.25) is 0 Å². The highest BCUT2D eigenvalue weighted by atomic mass is 31.2. The van der Waals surface area contributed by atoms with Crippen molar-refractivity contribution in [3.63, 3.8) is 0 Å². The van der Waals surface area contributed by atoms with Crippen LogP contribution in [0.3, 0.4) is 0 Å². The molecule has 1 atom stereocenters. The molecule has 0 radical (unpaired) electrons. The molecule has 0 rings (SSSR count). The molecule has 0 aromatic carbocycles. The van der Waals surface area contributed by atoms with E-state index in [1.54, 1.807) is 18.5 Å². The van der Waals surface area contributed by atoms with E-state index in [0.717, 1.165) is 0 Å². The van der Waals surface area contributed by atoms with Crippen molar-refractivity contribution in [2.75, 3.05) is 24.6 Å².